The first-order valence-corrected chi connectivity index (χ1v) is 8.61. The van der Waals surface area contributed by atoms with Gasteiger partial charge in [-0.3, -0.25) is 9.59 Å². The molecule has 1 unspecified atom stereocenters. The molecule has 0 radical (unpaired) electrons. The van der Waals surface area contributed by atoms with Crippen LogP contribution < -0.4 is 16.8 Å². The molecule has 2 aromatic rings. The van der Waals surface area contributed by atoms with E-state index < -0.39 is 36.0 Å². The molecule has 146 valence electrons. The van der Waals surface area contributed by atoms with E-state index in [1.165, 1.54) is 0 Å². The first-order chi connectivity index (χ1) is 12.8. The van der Waals surface area contributed by atoms with E-state index in [2.05, 4.69) is 10.3 Å². The maximum Gasteiger partial charge on any atom is 0.326 e. The third-order valence-corrected chi connectivity index (χ3v) is 4.40. The van der Waals surface area contributed by atoms with E-state index in [0.717, 1.165) is 16.5 Å². The lowest BCUT2D eigenvalue weighted by molar-refractivity contribution is -0.142. The van der Waals surface area contributed by atoms with Crippen LogP contribution in [0.3, 0.4) is 0 Å². The standard InChI is InChI=1S/C18H24N4O5/c19-12(5-3-6-13(20)17(24)25)16(23)22-15(18(26)27)8-10-9-21-14-7-2-1-4-11(10)14/h1-2,4,7,9,12-13,15,21H,3,5-6,8,19-20H2,(H,22,23)(H,24,25)(H,26,27)/t12?,13-,15-/m0/s1. The number of nitrogens with one attached hydrogen (secondary N) is 2. The van der Waals surface area contributed by atoms with Gasteiger partial charge >= 0.3 is 11.9 Å². The topological polar surface area (TPSA) is 172 Å². The van der Waals surface area contributed by atoms with Crippen LogP contribution in [0.4, 0.5) is 0 Å². The molecule has 0 bridgehead atoms. The summed E-state index contributed by atoms with van der Waals surface area (Å²) >= 11 is 0. The average Bonchev–Trinajstić information content (AvgIpc) is 3.03. The van der Waals surface area contributed by atoms with Gasteiger partial charge in [0.25, 0.3) is 0 Å². The number of hydrogen-bond donors (Lipinski definition) is 6. The monoisotopic (exact) mass is 376 g/mol. The number of aromatic nitrogens is 1. The maximum atomic E-state index is 12.2. The van der Waals surface area contributed by atoms with Gasteiger partial charge in [-0.2, -0.15) is 0 Å². The number of aromatic amines is 1. The van der Waals surface area contributed by atoms with Gasteiger partial charge in [-0.05, 0) is 30.9 Å². The molecule has 0 spiro atoms. The second kappa shape index (κ2) is 9.15. The molecule has 8 N–H and O–H groups in total. The second-order valence-electron chi connectivity index (χ2n) is 6.45. The van der Waals surface area contributed by atoms with Crippen molar-refractivity contribution in [3.8, 4) is 0 Å². The minimum absolute atomic E-state index is 0.113. The number of carbonyl (C=O) groups excluding carboxylic acids is 1. The molecule has 27 heavy (non-hydrogen) atoms. The molecule has 0 saturated carbocycles. The Morgan fingerprint density at radius 1 is 1.04 bits per heavy atom. The Morgan fingerprint density at radius 2 is 1.70 bits per heavy atom. The van der Waals surface area contributed by atoms with Gasteiger partial charge in [0.15, 0.2) is 0 Å². The highest BCUT2D eigenvalue weighted by Gasteiger charge is 2.24. The number of aliphatic carboxylic acids is 2. The van der Waals surface area contributed by atoms with Gasteiger partial charge in [-0.25, -0.2) is 4.79 Å². The van der Waals surface area contributed by atoms with Gasteiger partial charge in [0, 0.05) is 23.5 Å². The van der Waals surface area contributed by atoms with Crippen LogP contribution in [0.5, 0.6) is 0 Å². The van der Waals surface area contributed by atoms with Crippen molar-refractivity contribution >= 4 is 28.7 Å². The number of amides is 1. The van der Waals surface area contributed by atoms with Crippen LogP contribution in [0, 0.1) is 0 Å². The van der Waals surface area contributed by atoms with E-state index in [-0.39, 0.29) is 19.3 Å². The molecule has 0 aliphatic heterocycles. The zero-order valence-corrected chi connectivity index (χ0v) is 14.7. The summed E-state index contributed by atoms with van der Waals surface area (Å²) in [5, 5.41) is 21.5. The lowest BCUT2D eigenvalue weighted by Crippen LogP contribution is -2.49. The highest BCUT2D eigenvalue weighted by Crippen LogP contribution is 2.19. The van der Waals surface area contributed by atoms with E-state index >= 15 is 0 Å². The van der Waals surface area contributed by atoms with Gasteiger partial charge < -0.3 is 32.0 Å². The molecule has 0 aliphatic rings. The minimum Gasteiger partial charge on any atom is -0.480 e. The molecule has 3 atom stereocenters. The number of carboxylic acids is 2. The molecule has 0 aliphatic carbocycles. The molecule has 9 nitrogen and oxygen atoms in total. The molecule has 9 heteroatoms. The number of carboxylic acid groups (broad SMARTS) is 2. The van der Waals surface area contributed by atoms with Crippen molar-refractivity contribution in [2.75, 3.05) is 0 Å². The van der Waals surface area contributed by atoms with E-state index in [1.54, 1.807) is 6.20 Å². The first kappa shape index (κ1) is 20.4. The Kier molecular flexibility index (Phi) is 6.91. The van der Waals surface area contributed by atoms with Gasteiger partial charge in [-0.15, -0.1) is 0 Å². The Morgan fingerprint density at radius 3 is 2.37 bits per heavy atom. The van der Waals surface area contributed by atoms with Crippen LogP contribution in [-0.4, -0.2) is 51.2 Å². The van der Waals surface area contributed by atoms with Crippen LogP contribution in [0.25, 0.3) is 10.9 Å². The summed E-state index contributed by atoms with van der Waals surface area (Å²) in [7, 11) is 0. The lowest BCUT2D eigenvalue weighted by atomic mass is 10.0. The number of nitrogens with two attached hydrogens (primary N) is 2. The fraction of sp³-hybridized carbons (Fsp3) is 0.389. The van der Waals surface area contributed by atoms with Gasteiger partial charge in [-0.1, -0.05) is 18.2 Å². The number of para-hydroxylation sites is 1. The number of H-pyrrole nitrogens is 1. The number of hydrogen-bond acceptors (Lipinski definition) is 5. The zero-order chi connectivity index (χ0) is 20.0. The summed E-state index contributed by atoms with van der Waals surface area (Å²) < 4.78 is 0. The van der Waals surface area contributed by atoms with E-state index in [9.17, 15) is 19.5 Å². The zero-order valence-electron chi connectivity index (χ0n) is 14.7. The summed E-state index contributed by atoms with van der Waals surface area (Å²) in [4.78, 5) is 37.5. The van der Waals surface area contributed by atoms with E-state index in [4.69, 9.17) is 16.6 Å². The van der Waals surface area contributed by atoms with Crippen LogP contribution in [0.15, 0.2) is 30.5 Å². The highest BCUT2D eigenvalue weighted by molar-refractivity contribution is 5.88. The number of fused-ring (bicyclic) bond motifs is 1. The summed E-state index contributed by atoms with van der Waals surface area (Å²) in [6, 6.07) is 4.42. The van der Waals surface area contributed by atoms with Crippen molar-refractivity contribution in [3.05, 3.63) is 36.0 Å². The van der Waals surface area contributed by atoms with E-state index in [0.29, 0.717) is 6.42 Å². The van der Waals surface area contributed by atoms with Gasteiger partial charge in [0.1, 0.15) is 12.1 Å². The molecule has 0 fully saturated rings. The second-order valence-corrected chi connectivity index (χ2v) is 6.45. The Hall–Kier alpha value is -2.91. The van der Waals surface area contributed by atoms with Crippen LogP contribution >= 0.6 is 0 Å². The van der Waals surface area contributed by atoms with Crippen molar-refractivity contribution in [2.24, 2.45) is 11.5 Å². The van der Waals surface area contributed by atoms with Crippen molar-refractivity contribution < 1.29 is 24.6 Å². The predicted octanol–water partition coefficient (Wildman–Crippen LogP) is 0.189. The third kappa shape index (κ3) is 5.53. The fourth-order valence-electron chi connectivity index (χ4n) is 2.81. The summed E-state index contributed by atoms with van der Waals surface area (Å²) in [6.07, 6.45) is 2.59. The molecule has 1 amide bonds. The van der Waals surface area contributed by atoms with Gasteiger partial charge in [0.2, 0.25) is 5.91 Å². The van der Waals surface area contributed by atoms with Gasteiger partial charge in [0.05, 0.1) is 6.04 Å². The van der Waals surface area contributed by atoms with Crippen LogP contribution in [-0.2, 0) is 20.8 Å². The molecule has 2 rings (SSSR count). The molecule has 1 heterocycles. The Labute approximate surface area is 155 Å². The third-order valence-electron chi connectivity index (χ3n) is 4.40. The number of rotatable bonds is 10. The van der Waals surface area contributed by atoms with Crippen molar-refractivity contribution in [1.82, 2.24) is 10.3 Å². The molecular formula is C18H24N4O5. The predicted molar refractivity (Wildman–Crippen MR) is 99.0 cm³/mol. The lowest BCUT2D eigenvalue weighted by Gasteiger charge is -2.18. The molecular weight excluding hydrogens is 352 g/mol. The van der Waals surface area contributed by atoms with E-state index in [1.807, 2.05) is 24.3 Å². The van der Waals surface area contributed by atoms with Crippen molar-refractivity contribution in [2.45, 2.75) is 43.8 Å². The highest BCUT2D eigenvalue weighted by atomic mass is 16.4. The Bertz CT molecular complexity index is 819. The fourth-order valence-corrected chi connectivity index (χ4v) is 2.81. The molecule has 1 aromatic heterocycles. The summed E-state index contributed by atoms with van der Waals surface area (Å²) in [5.41, 5.74) is 12.9. The minimum atomic E-state index is -1.16. The SMILES string of the molecule is NC(CCC[C@H](N)C(=O)O)C(=O)N[C@@H](Cc1c[nH]c2ccccc12)C(=O)O. The quantitative estimate of drug-likeness (QED) is 0.343. The molecule has 1 aromatic carbocycles. The summed E-state index contributed by atoms with van der Waals surface area (Å²) in [6.45, 7) is 0. The Balaban J connectivity index is 1.94. The van der Waals surface area contributed by atoms with Crippen LogP contribution in [0.2, 0.25) is 0 Å². The number of carbonyl (C=O) groups is 3. The summed E-state index contributed by atoms with van der Waals surface area (Å²) in [5.74, 6) is -2.86. The molecule has 0 saturated heterocycles. The maximum absolute atomic E-state index is 12.2. The van der Waals surface area contributed by atoms with Crippen molar-refractivity contribution in [1.29, 1.82) is 0 Å². The largest absolute Gasteiger partial charge is 0.480 e. The average molecular weight is 376 g/mol. The smallest absolute Gasteiger partial charge is 0.326 e. The van der Waals surface area contributed by atoms with Crippen molar-refractivity contribution in [3.63, 3.8) is 0 Å². The first-order valence-electron chi connectivity index (χ1n) is 8.61. The normalized spacial score (nSPS) is 14.4. The number of benzene rings is 1. The van der Waals surface area contributed by atoms with Crippen LogP contribution in [0.1, 0.15) is 24.8 Å².